The predicted octanol–water partition coefficient (Wildman–Crippen LogP) is 4.61. The first-order valence-electron chi connectivity index (χ1n) is 8.91. The third-order valence-corrected chi connectivity index (χ3v) is 5.61. The van der Waals surface area contributed by atoms with Crippen molar-refractivity contribution in [2.24, 2.45) is 0 Å². The minimum absolute atomic E-state index is 0. The fraction of sp³-hybridized carbons (Fsp3) is 0.333. The Hall–Kier alpha value is -2.02. The molecule has 0 fully saturated rings. The van der Waals surface area contributed by atoms with Crippen LogP contribution in [0, 0.1) is 19.7 Å². The molecule has 1 aromatic heterocycles. The van der Waals surface area contributed by atoms with Crippen molar-refractivity contribution in [3.05, 3.63) is 58.9 Å². The van der Waals surface area contributed by atoms with Gasteiger partial charge in [-0.25, -0.2) is 9.37 Å². The highest BCUT2D eigenvalue weighted by Crippen LogP contribution is 2.29. The zero-order valence-electron chi connectivity index (χ0n) is 16.5. The second-order valence-electron chi connectivity index (χ2n) is 7.05. The van der Waals surface area contributed by atoms with E-state index >= 15 is 0 Å². The van der Waals surface area contributed by atoms with Crippen molar-refractivity contribution in [1.82, 2.24) is 9.88 Å². The van der Waals surface area contributed by atoms with Crippen LogP contribution in [-0.2, 0) is 11.2 Å². The molecule has 0 aliphatic rings. The maximum absolute atomic E-state index is 13.5. The number of aromatic nitrogens is 1. The number of thiazole rings is 1. The molecule has 0 saturated carbocycles. The Morgan fingerprint density at radius 3 is 2.50 bits per heavy atom. The van der Waals surface area contributed by atoms with Crippen molar-refractivity contribution in [3.63, 3.8) is 0 Å². The van der Waals surface area contributed by atoms with Crippen LogP contribution >= 0.6 is 23.7 Å². The summed E-state index contributed by atoms with van der Waals surface area (Å²) in [7, 11) is 3.94. The van der Waals surface area contributed by atoms with Gasteiger partial charge in [0.15, 0.2) is 5.13 Å². The van der Waals surface area contributed by atoms with E-state index < -0.39 is 0 Å². The largest absolute Gasteiger partial charge is 0.308 e. The minimum atomic E-state index is -0.293. The van der Waals surface area contributed by atoms with Gasteiger partial charge in [0.25, 0.3) is 0 Å². The number of halogens is 2. The Morgan fingerprint density at radius 1 is 1.07 bits per heavy atom. The van der Waals surface area contributed by atoms with Crippen molar-refractivity contribution >= 4 is 45.0 Å². The number of carbonyl (C=O) groups excluding carboxylic acids is 1. The highest BCUT2D eigenvalue weighted by atomic mass is 35.5. The topological polar surface area (TPSA) is 36.4 Å². The zero-order valence-corrected chi connectivity index (χ0v) is 18.2. The van der Waals surface area contributed by atoms with Gasteiger partial charge in [0, 0.05) is 13.1 Å². The molecule has 28 heavy (non-hydrogen) atoms. The van der Waals surface area contributed by atoms with Crippen LogP contribution in [0.3, 0.4) is 0 Å². The lowest BCUT2D eigenvalue weighted by Gasteiger charge is -2.22. The maximum Gasteiger partial charge on any atom is 0.233 e. The van der Waals surface area contributed by atoms with Crippen LogP contribution in [0.2, 0.25) is 0 Å². The molecule has 0 saturated heterocycles. The van der Waals surface area contributed by atoms with Crippen molar-refractivity contribution in [2.75, 3.05) is 32.1 Å². The second-order valence-corrected chi connectivity index (χ2v) is 8.06. The molecule has 3 aromatic rings. The van der Waals surface area contributed by atoms with E-state index in [1.165, 1.54) is 34.6 Å². The Morgan fingerprint density at radius 2 is 1.82 bits per heavy atom. The number of rotatable bonds is 6. The highest BCUT2D eigenvalue weighted by Gasteiger charge is 2.20. The quantitative estimate of drug-likeness (QED) is 0.583. The van der Waals surface area contributed by atoms with Crippen LogP contribution in [0.25, 0.3) is 10.2 Å². The SMILES string of the molecule is Cc1ccc(CC(=O)N(CCN(C)C)c2nc3ccc(F)cc3s2)cc1C.Cl. The Bertz CT molecular complexity index is 973. The first-order chi connectivity index (χ1) is 12.8. The van der Waals surface area contributed by atoms with Gasteiger partial charge in [-0.15, -0.1) is 12.4 Å². The summed E-state index contributed by atoms with van der Waals surface area (Å²) < 4.78 is 14.3. The normalized spacial score (nSPS) is 10.9. The van der Waals surface area contributed by atoms with E-state index in [2.05, 4.69) is 24.9 Å². The smallest absolute Gasteiger partial charge is 0.233 e. The van der Waals surface area contributed by atoms with E-state index in [4.69, 9.17) is 0 Å². The predicted molar refractivity (Wildman–Crippen MR) is 117 cm³/mol. The second kappa shape index (κ2) is 9.45. The molecular weight excluding hydrogens is 397 g/mol. The molecule has 1 heterocycles. The van der Waals surface area contributed by atoms with Gasteiger partial charge in [0.2, 0.25) is 5.91 Å². The zero-order chi connectivity index (χ0) is 19.6. The van der Waals surface area contributed by atoms with Gasteiger partial charge in [-0.2, -0.15) is 0 Å². The number of aryl methyl sites for hydroxylation is 2. The van der Waals surface area contributed by atoms with Crippen molar-refractivity contribution in [1.29, 1.82) is 0 Å². The number of carbonyl (C=O) groups is 1. The minimum Gasteiger partial charge on any atom is -0.308 e. The van der Waals surface area contributed by atoms with E-state index in [-0.39, 0.29) is 24.1 Å². The number of fused-ring (bicyclic) bond motifs is 1. The van der Waals surface area contributed by atoms with Crippen LogP contribution in [0.4, 0.5) is 9.52 Å². The number of hydrogen-bond acceptors (Lipinski definition) is 4. The number of amides is 1. The Balaban J connectivity index is 0.00000280. The summed E-state index contributed by atoms with van der Waals surface area (Å²) in [5.74, 6) is -0.293. The van der Waals surface area contributed by atoms with Crippen LogP contribution in [0.1, 0.15) is 16.7 Å². The molecule has 0 radical (unpaired) electrons. The van der Waals surface area contributed by atoms with E-state index in [1.807, 2.05) is 31.1 Å². The van der Waals surface area contributed by atoms with Gasteiger partial charge in [-0.05, 0) is 62.8 Å². The molecule has 7 heteroatoms. The number of benzene rings is 2. The van der Waals surface area contributed by atoms with Gasteiger partial charge in [0.1, 0.15) is 5.82 Å². The molecule has 0 aliphatic heterocycles. The molecule has 0 aliphatic carbocycles. The Labute approximate surface area is 175 Å². The fourth-order valence-corrected chi connectivity index (χ4v) is 3.85. The molecule has 2 aromatic carbocycles. The first kappa shape index (κ1) is 22.3. The molecular formula is C21H25ClFN3OS. The highest BCUT2D eigenvalue weighted by molar-refractivity contribution is 7.22. The van der Waals surface area contributed by atoms with Gasteiger partial charge >= 0.3 is 0 Å². The molecule has 0 N–H and O–H groups in total. The standard InChI is InChI=1S/C21H24FN3OS.ClH/c1-14-5-6-16(11-15(14)2)12-20(26)25(10-9-24(3)4)21-23-18-8-7-17(22)13-19(18)27-21;/h5-8,11,13H,9-10,12H2,1-4H3;1H. The van der Waals surface area contributed by atoms with Crippen LogP contribution in [-0.4, -0.2) is 43.0 Å². The van der Waals surface area contributed by atoms with Crippen molar-refractivity contribution < 1.29 is 9.18 Å². The lowest BCUT2D eigenvalue weighted by atomic mass is 10.0. The van der Waals surface area contributed by atoms with E-state index in [0.717, 1.165) is 16.8 Å². The summed E-state index contributed by atoms with van der Waals surface area (Å²) in [4.78, 5) is 21.4. The molecule has 1 amide bonds. The molecule has 0 unspecified atom stereocenters. The Kier molecular flexibility index (Phi) is 7.52. The van der Waals surface area contributed by atoms with Crippen molar-refractivity contribution in [2.45, 2.75) is 20.3 Å². The summed E-state index contributed by atoms with van der Waals surface area (Å²) >= 11 is 1.35. The van der Waals surface area contributed by atoms with E-state index in [0.29, 0.717) is 23.6 Å². The average molecular weight is 422 g/mol. The van der Waals surface area contributed by atoms with Crippen molar-refractivity contribution in [3.8, 4) is 0 Å². The van der Waals surface area contributed by atoms with Gasteiger partial charge in [-0.1, -0.05) is 29.5 Å². The lowest BCUT2D eigenvalue weighted by molar-refractivity contribution is -0.118. The monoisotopic (exact) mass is 421 g/mol. The molecule has 0 spiro atoms. The number of nitrogens with zero attached hydrogens (tertiary/aromatic N) is 3. The van der Waals surface area contributed by atoms with Gasteiger partial charge in [-0.3, -0.25) is 9.69 Å². The number of anilines is 1. The lowest BCUT2D eigenvalue weighted by Crippen LogP contribution is -2.37. The van der Waals surface area contributed by atoms with Crippen LogP contribution in [0.5, 0.6) is 0 Å². The number of hydrogen-bond donors (Lipinski definition) is 0. The molecule has 3 rings (SSSR count). The van der Waals surface area contributed by atoms with Crippen LogP contribution < -0.4 is 4.90 Å². The fourth-order valence-electron chi connectivity index (χ4n) is 2.81. The molecule has 150 valence electrons. The van der Waals surface area contributed by atoms with Gasteiger partial charge in [0.05, 0.1) is 16.6 Å². The molecule has 0 bridgehead atoms. The first-order valence-corrected chi connectivity index (χ1v) is 9.72. The summed E-state index contributed by atoms with van der Waals surface area (Å²) in [6.07, 6.45) is 0.318. The number of likely N-dealkylation sites (N-methyl/N-ethyl adjacent to an activating group) is 1. The van der Waals surface area contributed by atoms with E-state index in [1.54, 1.807) is 11.0 Å². The summed E-state index contributed by atoms with van der Waals surface area (Å²) in [6, 6.07) is 10.6. The average Bonchev–Trinajstić information content (AvgIpc) is 3.00. The third kappa shape index (κ3) is 5.28. The summed E-state index contributed by atoms with van der Waals surface area (Å²) in [5.41, 5.74) is 4.09. The molecule has 4 nitrogen and oxygen atoms in total. The summed E-state index contributed by atoms with van der Waals surface area (Å²) in [6.45, 7) is 5.38. The van der Waals surface area contributed by atoms with E-state index in [9.17, 15) is 9.18 Å². The molecule has 0 atom stereocenters. The summed E-state index contributed by atoms with van der Waals surface area (Å²) in [5, 5.41) is 0.617. The third-order valence-electron chi connectivity index (χ3n) is 4.57. The maximum atomic E-state index is 13.5. The van der Waals surface area contributed by atoms with Crippen LogP contribution in [0.15, 0.2) is 36.4 Å². The van der Waals surface area contributed by atoms with Gasteiger partial charge < -0.3 is 4.90 Å².